The van der Waals surface area contributed by atoms with E-state index in [-0.39, 0.29) is 0 Å². The molecule has 0 aliphatic carbocycles. The van der Waals surface area contributed by atoms with Gasteiger partial charge in [0.1, 0.15) is 5.52 Å². The second kappa shape index (κ2) is 7.67. The van der Waals surface area contributed by atoms with Crippen LogP contribution in [-0.2, 0) is 6.54 Å². The van der Waals surface area contributed by atoms with Gasteiger partial charge in [0, 0.05) is 17.6 Å². The first kappa shape index (κ1) is 19.0. The minimum atomic E-state index is 0.549. The molecule has 9 nitrogen and oxygen atoms in total. The number of hydrogen-bond donors (Lipinski definition) is 1. The largest absolute Gasteiger partial charge is 0.465 e. The van der Waals surface area contributed by atoms with Crippen molar-refractivity contribution in [3.8, 4) is 23.2 Å². The second-order valence-electron chi connectivity index (χ2n) is 7.31. The van der Waals surface area contributed by atoms with Gasteiger partial charge in [-0.1, -0.05) is 12.1 Å². The molecule has 4 aromatic heterocycles. The Morgan fingerprint density at radius 3 is 2.61 bits per heavy atom. The molecule has 0 amide bonds. The minimum absolute atomic E-state index is 0.549. The zero-order chi connectivity index (χ0) is 21.4. The first-order valence-electron chi connectivity index (χ1n) is 10.1. The number of aromatic nitrogens is 8. The van der Waals surface area contributed by atoms with E-state index in [1.54, 1.807) is 0 Å². The number of H-pyrrole nitrogens is 1. The molecule has 0 aliphatic rings. The number of aryl methyl sites for hydroxylation is 2. The SMILES string of the molecule is CCOc1nc2c(C)ccnc2n1Cc1ccc(-n2c(C)ccc2-c2nn[nH]n2)cc1. The summed E-state index contributed by atoms with van der Waals surface area (Å²) in [5, 5.41) is 14.4. The summed E-state index contributed by atoms with van der Waals surface area (Å²) in [6.07, 6.45) is 1.81. The molecule has 5 aromatic rings. The molecule has 0 atom stereocenters. The van der Waals surface area contributed by atoms with Crippen LogP contribution in [-0.4, -0.2) is 46.3 Å². The number of nitrogens with zero attached hydrogens (tertiary/aromatic N) is 7. The van der Waals surface area contributed by atoms with Gasteiger partial charge in [0.25, 0.3) is 6.01 Å². The van der Waals surface area contributed by atoms with Crippen molar-refractivity contribution in [1.82, 2.24) is 39.7 Å². The maximum atomic E-state index is 5.79. The smallest absolute Gasteiger partial charge is 0.298 e. The van der Waals surface area contributed by atoms with Crippen LogP contribution in [0.3, 0.4) is 0 Å². The normalized spacial score (nSPS) is 11.3. The highest BCUT2D eigenvalue weighted by atomic mass is 16.5. The van der Waals surface area contributed by atoms with Crippen molar-refractivity contribution >= 4 is 11.2 Å². The summed E-state index contributed by atoms with van der Waals surface area (Å²) in [6.45, 7) is 7.21. The van der Waals surface area contributed by atoms with Gasteiger partial charge in [-0.15, -0.1) is 10.2 Å². The molecule has 0 saturated carbocycles. The lowest BCUT2D eigenvalue weighted by molar-refractivity contribution is 0.301. The Labute approximate surface area is 178 Å². The van der Waals surface area contributed by atoms with E-state index in [2.05, 4.69) is 66.3 Å². The van der Waals surface area contributed by atoms with Crippen LogP contribution in [0, 0.1) is 13.8 Å². The van der Waals surface area contributed by atoms with Gasteiger partial charge in [0.05, 0.1) is 18.8 Å². The van der Waals surface area contributed by atoms with Crippen LogP contribution in [0.5, 0.6) is 6.01 Å². The van der Waals surface area contributed by atoms with Crippen LogP contribution >= 0.6 is 0 Å². The fraction of sp³-hybridized carbons (Fsp3) is 0.227. The molecule has 0 aliphatic heterocycles. The Hall–Kier alpha value is -4.01. The number of pyridine rings is 1. The van der Waals surface area contributed by atoms with Gasteiger partial charge in [0.2, 0.25) is 5.82 Å². The van der Waals surface area contributed by atoms with E-state index in [1.807, 2.05) is 42.8 Å². The quantitative estimate of drug-likeness (QED) is 0.457. The van der Waals surface area contributed by atoms with Gasteiger partial charge in [0.15, 0.2) is 5.65 Å². The van der Waals surface area contributed by atoms with Gasteiger partial charge in [-0.25, -0.2) is 4.98 Å². The zero-order valence-electron chi connectivity index (χ0n) is 17.6. The summed E-state index contributed by atoms with van der Waals surface area (Å²) < 4.78 is 9.92. The maximum Gasteiger partial charge on any atom is 0.298 e. The first-order chi connectivity index (χ1) is 15.2. The molecule has 156 valence electrons. The van der Waals surface area contributed by atoms with Crippen LogP contribution in [0.25, 0.3) is 28.4 Å². The van der Waals surface area contributed by atoms with Crippen molar-refractivity contribution in [2.75, 3.05) is 6.61 Å². The number of ether oxygens (including phenoxy) is 1. The molecule has 1 N–H and O–H groups in total. The highest BCUT2D eigenvalue weighted by molar-refractivity contribution is 5.76. The van der Waals surface area contributed by atoms with E-state index in [4.69, 9.17) is 4.74 Å². The number of benzene rings is 1. The molecular formula is C22H22N8O. The number of tetrazole rings is 1. The minimum Gasteiger partial charge on any atom is -0.465 e. The van der Waals surface area contributed by atoms with E-state index in [0.717, 1.165) is 39.4 Å². The molecule has 1 aromatic carbocycles. The van der Waals surface area contributed by atoms with Crippen LogP contribution < -0.4 is 4.74 Å². The van der Waals surface area contributed by atoms with E-state index in [9.17, 15) is 0 Å². The first-order valence-corrected chi connectivity index (χ1v) is 10.1. The summed E-state index contributed by atoms with van der Waals surface area (Å²) in [5.74, 6) is 0.560. The summed E-state index contributed by atoms with van der Waals surface area (Å²) >= 11 is 0. The van der Waals surface area contributed by atoms with Crippen LogP contribution in [0.4, 0.5) is 0 Å². The summed E-state index contributed by atoms with van der Waals surface area (Å²) in [6, 6.07) is 15.0. The number of fused-ring (bicyclic) bond motifs is 1. The lowest BCUT2D eigenvalue weighted by Crippen LogP contribution is -2.06. The predicted molar refractivity (Wildman–Crippen MR) is 116 cm³/mol. The Bertz CT molecular complexity index is 1330. The highest BCUT2D eigenvalue weighted by Gasteiger charge is 2.16. The Balaban J connectivity index is 1.50. The summed E-state index contributed by atoms with van der Waals surface area (Å²) in [7, 11) is 0. The Kier molecular flexibility index (Phi) is 4.70. The number of aromatic amines is 1. The maximum absolute atomic E-state index is 5.79. The predicted octanol–water partition coefficient (Wildman–Crippen LogP) is 3.47. The number of nitrogens with one attached hydrogen (secondary N) is 1. The number of rotatable bonds is 6. The van der Waals surface area contributed by atoms with E-state index < -0.39 is 0 Å². The summed E-state index contributed by atoms with van der Waals surface area (Å²) in [5.41, 5.74) is 6.91. The van der Waals surface area contributed by atoms with Crippen LogP contribution in [0.2, 0.25) is 0 Å². The van der Waals surface area contributed by atoms with Gasteiger partial charge in [-0.2, -0.15) is 10.2 Å². The fourth-order valence-electron chi connectivity index (χ4n) is 3.76. The van der Waals surface area contributed by atoms with Gasteiger partial charge in [-0.05, 0) is 67.4 Å². The lowest BCUT2D eigenvalue weighted by Gasteiger charge is -2.12. The lowest BCUT2D eigenvalue weighted by atomic mass is 10.2. The average molecular weight is 414 g/mol. The summed E-state index contributed by atoms with van der Waals surface area (Å²) in [4.78, 5) is 9.20. The fourth-order valence-corrected chi connectivity index (χ4v) is 3.76. The van der Waals surface area contributed by atoms with E-state index in [0.29, 0.717) is 25.0 Å². The average Bonchev–Trinajstić information content (AvgIpc) is 3.50. The standard InChI is InChI=1S/C22H22N8O/c1-4-31-22-24-19-14(2)11-12-23-21(19)29(22)13-16-6-8-17(9-7-16)30-15(3)5-10-18(30)20-25-27-28-26-20/h5-12H,4,13H2,1-3H3,(H,25,26,27,28). The molecule has 5 rings (SSSR count). The van der Waals surface area contributed by atoms with Crippen molar-refractivity contribution in [2.24, 2.45) is 0 Å². The monoisotopic (exact) mass is 414 g/mol. The van der Waals surface area contributed by atoms with Gasteiger partial charge < -0.3 is 9.30 Å². The molecule has 0 fully saturated rings. The van der Waals surface area contributed by atoms with E-state index in [1.165, 1.54) is 0 Å². The third-order valence-electron chi connectivity index (χ3n) is 5.26. The van der Waals surface area contributed by atoms with Crippen molar-refractivity contribution < 1.29 is 4.74 Å². The third-order valence-corrected chi connectivity index (χ3v) is 5.26. The van der Waals surface area contributed by atoms with E-state index >= 15 is 0 Å². The molecule has 0 saturated heterocycles. The molecule has 4 heterocycles. The molecule has 0 bridgehead atoms. The van der Waals surface area contributed by atoms with Gasteiger partial charge in [-0.3, -0.25) is 4.57 Å². The van der Waals surface area contributed by atoms with Gasteiger partial charge >= 0.3 is 0 Å². The Morgan fingerprint density at radius 2 is 1.87 bits per heavy atom. The van der Waals surface area contributed by atoms with Crippen LogP contribution in [0.1, 0.15) is 23.7 Å². The third kappa shape index (κ3) is 3.33. The van der Waals surface area contributed by atoms with Crippen molar-refractivity contribution in [1.29, 1.82) is 0 Å². The molecule has 0 unspecified atom stereocenters. The molecular weight excluding hydrogens is 392 g/mol. The number of imidazole rings is 1. The van der Waals surface area contributed by atoms with Crippen molar-refractivity contribution in [3.63, 3.8) is 0 Å². The molecule has 31 heavy (non-hydrogen) atoms. The second-order valence-corrected chi connectivity index (χ2v) is 7.31. The molecule has 0 radical (unpaired) electrons. The van der Waals surface area contributed by atoms with Crippen molar-refractivity contribution in [3.05, 3.63) is 65.5 Å². The van der Waals surface area contributed by atoms with Crippen molar-refractivity contribution in [2.45, 2.75) is 27.3 Å². The van der Waals surface area contributed by atoms with Crippen LogP contribution in [0.15, 0.2) is 48.7 Å². The Morgan fingerprint density at radius 1 is 1.03 bits per heavy atom. The zero-order valence-corrected chi connectivity index (χ0v) is 17.6. The molecule has 0 spiro atoms. The topological polar surface area (TPSA) is 99.3 Å². The highest BCUT2D eigenvalue weighted by Crippen LogP contribution is 2.26. The molecule has 9 heteroatoms. The number of hydrogen-bond acceptors (Lipinski definition) is 6.